The van der Waals surface area contributed by atoms with Crippen LogP contribution in [0.5, 0.6) is 0 Å². The van der Waals surface area contributed by atoms with Gasteiger partial charge in [-0.05, 0) is 60.1 Å². The van der Waals surface area contributed by atoms with E-state index in [1.165, 1.54) is 44.2 Å². The van der Waals surface area contributed by atoms with Crippen LogP contribution in [0.2, 0.25) is 0 Å². The van der Waals surface area contributed by atoms with Crippen molar-refractivity contribution in [2.24, 2.45) is 5.92 Å². The van der Waals surface area contributed by atoms with Gasteiger partial charge in [0.05, 0.1) is 11.0 Å². The zero-order valence-electron chi connectivity index (χ0n) is 16.0. The number of nitrogens with one attached hydrogen (secondary N) is 2. The summed E-state index contributed by atoms with van der Waals surface area (Å²) in [6.45, 7) is 2.36. The third kappa shape index (κ3) is 7.26. The number of halogens is 4. The third-order valence-electron chi connectivity index (χ3n) is 4.69. The van der Waals surface area contributed by atoms with Crippen LogP contribution in [0.25, 0.3) is 11.0 Å². The van der Waals surface area contributed by atoms with E-state index in [1.807, 2.05) is 18.2 Å². The Bertz CT molecular complexity index is 919. The molecule has 3 nitrogen and oxygen atoms in total. The number of fused-ring (bicyclic) bond motifs is 1. The summed E-state index contributed by atoms with van der Waals surface area (Å²) in [6, 6.07) is 11.6. The van der Waals surface area contributed by atoms with Gasteiger partial charge in [-0.1, -0.05) is 55.0 Å². The van der Waals surface area contributed by atoms with E-state index in [2.05, 4.69) is 38.1 Å². The Hall–Kier alpha value is -1.67. The van der Waals surface area contributed by atoms with E-state index in [0.717, 1.165) is 21.4 Å². The summed E-state index contributed by atoms with van der Waals surface area (Å²) in [4.78, 5) is 7.60. The first kappa shape index (κ1) is 22.0. The molecule has 0 saturated heterocycles. The van der Waals surface area contributed by atoms with E-state index in [-0.39, 0.29) is 16.7 Å². The molecule has 1 aliphatic rings. The van der Waals surface area contributed by atoms with E-state index in [4.69, 9.17) is 0 Å². The lowest BCUT2D eigenvalue weighted by molar-refractivity contribution is -0.0328. The molecule has 1 aliphatic carbocycles. The Balaban J connectivity index is 0.000000290. The van der Waals surface area contributed by atoms with Gasteiger partial charge in [0.25, 0.3) is 0 Å². The van der Waals surface area contributed by atoms with Gasteiger partial charge in [0.1, 0.15) is 0 Å². The number of nitrogens with zero attached hydrogens (tertiary/aromatic N) is 1. The molecular weight excluding hydrogens is 463 g/mol. The molecule has 156 valence electrons. The zero-order chi connectivity index (χ0) is 20.9. The summed E-state index contributed by atoms with van der Waals surface area (Å²) < 4.78 is 37.7. The average molecular weight is 486 g/mol. The van der Waals surface area contributed by atoms with Gasteiger partial charge < -0.3 is 10.3 Å². The molecule has 0 radical (unpaired) electrons. The topological polar surface area (TPSA) is 40.7 Å². The molecule has 0 aliphatic heterocycles. The fraction of sp³-hybridized carbons (Fsp3) is 0.381. The maximum atomic E-state index is 12.3. The molecule has 0 amide bonds. The van der Waals surface area contributed by atoms with Gasteiger partial charge in [-0.25, -0.2) is 4.98 Å². The highest BCUT2D eigenvalue weighted by Crippen LogP contribution is 2.37. The summed E-state index contributed by atoms with van der Waals surface area (Å²) in [5, 5.41) is 3.03. The number of hydrogen-bond donors (Lipinski definition) is 2. The fourth-order valence-corrected chi connectivity index (χ4v) is 4.12. The number of imidazole rings is 1. The van der Waals surface area contributed by atoms with Crippen LogP contribution < -0.4 is 5.32 Å². The normalized spacial score (nSPS) is 15.1. The molecule has 0 atom stereocenters. The van der Waals surface area contributed by atoms with Crippen molar-refractivity contribution in [2.75, 3.05) is 5.32 Å². The van der Waals surface area contributed by atoms with E-state index >= 15 is 0 Å². The van der Waals surface area contributed by atoms with Crippen molar-refractivity contribution in [2.45, 2.75) is 49.4 Å². The Morgan fingerprint density at radius 1 is 1.07 bits per heavy atom. The highest BCUT2D eigenvalue weighted by Gasteiger charge is 2.29. The van der Waals surface area contributed by atoms with E-state index in [9.17, 15) is 13.2 Å². The van der Waals surface area contributed by atoms with Crippen LogP contribution in [0.3, 0.4) is 0 Å². The monoisotopic (exact) mass is 485 g/mol. The summed E-state index contributed by atoms with van der Waals surface area (Å²) >= 11 is 3.24. The van der Waals surface area contributed by atoms with Crippen molar-refractivity contribution in [3.05, 3.63) is 46.9 Å². The summed E-state index contributed by atoms with van der Waals surface area (Å²) in [6.07, 6.45) is 7.44. The second-order valence-corrected chi connectivity index (χ2v) is 9.24. The second-order valence-electron chi connectivity index (χ2n) is 7.19. The second kappa shape index (κ2) is 9.89. The first-order chi connectivity index (χ1) is 13.8. The molecule has 2 N–H and O–H groups in total. The van der Waals surface area contributed by atoms with Crippen molar-refractivity contribution in [1.29, 1.82) is 0 Å². The predicted molar refractivity (Wildman–Crippen MR) is 118 cm³/mol. The largest absolute Gasteiger partial charge is 0.446 e. The summed E-state index contributed by atoms with van der Waals surface area (Å²) in [5.74, 6) is 1.57. The van der Waals surface area contributed by atoms with Crippen LogP contribution in [0.1, 0.15) is 39.0 Å². The standard InChI is InChI=1S/C14H9BrF3N3S.C7H14/c15-8-1-6-11-12(7-8)21-13(20-11)19-9-2-4-10(5-3-9)22-14(16,17)18;1-7-5-3-2-4-6-7/h1-7H,(H2,19,20,21);7H,2-6H2,1H3. The number of aromatic amines is 1. The number of rotatable bonds is 3. The number of thioether (sulfide) groups is 1. The Morgan fingerprint density at radius 3 is 2.34 bits per heavy atom. The molecule has 1 saturated carbocycles. The van der Waals surface area contributed by atoms with Crippen molar-refractivity contribution in [3.8, 4) is 0 Å². The van der Waals surface area contributed by atoms with Gasteiger partial charge in [-0.3, -0.25) is 0 Å². The number of anilines is 2. The number of benzene rings is 2. The van der Waals surface area contributed by atoms with Crippen molar-refractivity contribution in [3.63, 3.8) is 0 Å². The molecule has 3 aromatic rings. The Morgan fingerprint density at radius 2 is 1.76 bits per heavy atom. The number of aromatic nitrogens is 2. The Kier molecular flexibility index (Phi) is 7.51. The van der Waals surface area contributed by atoms with E-state index < -0.39 is 5.51 Å². The molecule has 2 aromatic carbocycles. The molecule has 0 spiro atoms. The maximum absolute atomic E-state index is 12.3. The van der Waals surface area contributed by atoms with Crippen LogP contribution >= 0.6 is 27.7 Å². The van der Waals surface area contributed by atoms with Gasteiger partial charge in [0.2, 0.25) is 5.95 Å². The SMILES string of the molecule is CC1CCCCC1.FC(F)(F)Sc1ccc(Nc2nc3ccc(Br)cc3[nH]2)cc1. The molecule has 29 heavy (non-hydrogen) atoms. The van der Waals surface area contributed by atoms with E-state index in [0.29, 0.717) is 11.6 Å². The molecule has 4 rings (SSSR count). The minimum atomic E-state index is -4.28. The maximum Gasteiger partial charge on any atom is 0.446 e. The molecule has 0 unspecified atom stereocenters. The lowest BCUT2D eigenvalue weighted by Crippen LogP contribution is -1.99. The average Bonchev–Trinajstić information content (AvgIpc) is 3.05. The molecule has 8 heteroatoms. The Labute approximate surface area is 181 Å². The minimum Gasteiger partial charge on any atom is -0.326 e. The quantitative estimate of drug-likeness (QED) is 0.366. The lowest BCUT2D eigenvalue weighted by Gasteiger charge is -2.15. The molecular formula is C21H23BrF3N3S. The molecule has 1 aromatic heterocycles. The molecule has 0 bridgehead atoms. The predicted octanol–water partition coefficient (Wildman–Crippen LogP) is 8.27. The molecule has 1 heterocycles. The summed E-state index contributed by atoms with van der Waals surface area (Å²) in [7, 11) is 0. The van der Waals surface area contributed by atoms with Gasteiger partial charge in [0, 0.05) is 15.1 Å². The highest BCUT2D eigenvalue weighted by molar-refractivity contribution is 9.10. The van der Waals surface area contributed by atoms with Gasteiger partial charge in [0.15, 0.2) is 0 Å². The number of alkyl halides is 3. The third-order valence-corrected chi connectivity index (χ3v) is 5.92. The van der Waals surface area contributed by atoms with Crippen molar-refractivity contribution >= 4 is 50.4 Å². The zero-order valence-corrected chi connectivity index (χ0v) is 18.4. The van der Waals surface area contributed by atoms with Crippen LogP contribution in [0.4, 0.5) is 24.8 Å². The van der Waals surface area contributed by atoms with Crippen LogP contribution in [0.15, 0.2) is 51.8 Å². The van der Waals surface area contributed by atoms with Gasteiger partial charge in [-0.15, -0.1) is 0 Å². The van der Waals surface area contributed by atoms with Crippen LogP contribution in [-0.4, -0.2) is 15.5 Å². The van der Waals surface area contributed by atoms with Crippen LogP contribution in [0, 0.1) is 5.92 Å². The van der Waals surface area contributed by atoms with E-state index in [1.54, 1.807) is 12.1 Å². The number of H-pyrrole nitrogens is 1. The van der Waals surface area contributed by atoms with Gasteiger partial charge in [-0.2, -0.15) is 13.2 Å². The number of hydrogen-bond acceptors (Lipinski definition) is 3. The minimum absolute atomic E-state index is 0.135. The summed E-state index contributed by atoms with van der Waals surface area (Å²) in [5.41, 5.74) is -1.96. The van der Waals surface area contributed by atoms with Crippen LogP contribution in [-0.2, 0) is 0 Å². The molecule has 1 fully saturated rings. The highest BCUT2D eigenvalue weighted by atomic mass is 79.9. The van der Waals surface area contributed by atoms with Crippen molar-refractivity contribution in [1.82, 2.24) is 9.97 Å². The first-order valence-electron chi connectivity index (χ1n) is 9.56. The van der Waals surface area contributed by atoms with Crippen molar-refractivity contribution < 1.29 is 13.2 Å². The fourth-order valence-electron chi connectivity index (χ4n) is 3.22. The lowest BCUT2D eigenvalue weighted by atomic mass is 9.91. The smallest absolute Gasteiger partial charge is 0.326 e. The first-order valence-corrected chi connectivity index (χ1v) is 11.2. The van der Waals surface area contributed by atoms with Gasteiger partial charge >= 0.3 is 5.51 Å².